The van der Waals surface area contributed by atoms with Crippen LogP contribution in [0.5, 0.6) is 11.5 Å². The second kappa shape index (κ2) is 13.1. The van der Waals surface area contributed by atoms with Gasteiger partial charge < -0.3 is 19.3 Å². The number of piperazine rings is 1. The number of rotatable bonds is 8. The number of methoxy groups -OCH3 is 2. The fourth-order valence-electron chi connectivity index (χ4n) is 6.61. The average Bonchev–Trinajstić information content (AvgIpc) is 3.36. The lowest BCUT2D eigenvalue weighted by Crippen LogP contribution is -2.55. The molecule has 1 amide bonds. The van der Waals surface area contributed by atoms with Crippen molar-refractivity contribution in [1.82, 2.24) is 23.2 Å². The third-order valence-corrected chi connectivity index (χ3v) is 11.1. The molecule has 1 unspecified atom stereocenters. The van der Waals surface area contributed by atoms with E-state index in [4.69, 9.17) is 21.1 Å². The summed E-state index contributed by atoms with van der Waals surface area (Å²) in [6.07, 6.45) is 2.20. The molecule has 0 N–H and O–H groups in total. The maximum Gasteiger partial charge on any atom is 0.344 e. The number of nitrogens with zero attached hydrogens (tertiary/aromatic N) is 5. The van der Waals surface area contributed by atoms with Crippen molar-refractivity contribution in [3.8, 4) is 11.5 Å². The standard InChI is InChI=1S/C33H38ClN5O6S/c1-35-15-13-25(14-16-35)36-17-19-37(20-18-36)32(40)31(23-7-5-4-6-8-23)38-27-11-9-24(34)21-28(27)39(33(38)41)46(42,43)30-12-10-26(44-2)22-29(30)45-3/h4-12,21-22,25,31H,13-20H2,1-3H3. The third-order valence-electron chi connectivity index (χ3n) is 9.12. The predicted octanol–water partition coefficient (Wildman–Crippen LogP) is 3.54. The molecule has 0 bridgehead atoms. The molecule has 6 rings (SSSR count). The van der Waals surface area contributed by atoms with Crippen LogP contribution in [0.15, 0.2) is 76.4 Å². The number of imidazole rings is 1. The van der Waals surface area contributed by atoms with Gasteiger partial charge in [0, 0.05) is 43.3 Å². The molecule has 0 spiro atoms. The van der Waals surface area contributed by atoms with Gasteiger partial charge in [-0.15, -0.1) is 0 Å². The fourth-order valence-corrected chi connectivity index (χ4v) is 8.31. The molecule has 2 saturated heterocycles. The van der Waals surface area contributed by atoms with Crippen LogP contribution in [0.3, 0.4) is 0 Å². The highest BCUT2D eigenvalue weighted by Gasteiger charge is 2.37. The molecule has 0 saturated carbocycles. The molecule has 46 heavy (non-hydrogen) atoms. The van der Waals surface area contributed by atoms with E-state index in [1.165, 1.54) is 43.1 Å². The van der Waals surface area contributed by atoms with Crippen LogP contribution in [0.1, 0.15) is 24.4 Å². The molecule has 11 nitrogen and oxygen atoms in total. The molecule has 2 aliphatic rings. The SMILES string of the molecule is COc1ccc(S(=O)(=O)n2c(=O)n(C(C(=O)N3CCN(C4CCN(C)CC4)CC3)c3ccccc3)c3ccc(Cl)cc32)c(OC)c1. The Hall–Kier alpha value is -3.84. The highest BCUT2D eigenvalue weighted by Crippen LogP contribution is 2.33. The maximum atomic E-state index is 14.5. The smallest absolute Gasteiger partial charge is 0.344 e. The Morgan fingerprint density at radius 2 is 1.57 bits per heavy atom. The average molecular weight is 668 g/mol. The molecule has 0 radical (unpaired) electrons. The number of amides is 1. The number of ether oxygens (including phenoxy) is 2. The number of aromatic nitrogens is 2. The van der Waals surface area contributed by atoms with Crippen LogP contribution < -0.4 is 15.2 Å². The first-order chi connectivity index (χ1) is 22.1. The van der Waals surface area contributed by atoms with Gasteiger partial charge in [-0.05, 0) is 68.9 Å². The summed E-state index contributed by atoms with van der Waals surface area (Å²) in [4.78, 5) is 35.4. The largest absolute Gasteiger partial charge is 0.497 e. The van der Waals surface area contributed by atoms with Crippen molar-refractivity contribution in [2.45, 2.75) is 29.8 Å². The van der Waals surface area contributed by atoms with Crippen molar-refractivity contribution < 1.29 is 22.7 Å². The molecule has 4 aromatic rings. The van der Waals surface area contributed by atoms with Crippen molar-refractivity contribution in [2.75, 3.05) is 60.5 Å². The van der Waals surface area contributed by atoms with Gasteiger partial charge in [0.2, 0.25) is 0 Å². The quantitative estimate of drug-likeness (QED) is 0.281. The van der Waals surface area contributed by atoms with E-state index in [1.54, 1.807) is 41.3 Å². The first kappa shape index (κ1) is 32.1. The minimum atomic E-state index is -4.54. The van der Waals surface area contributed by atoms with Crippen LogP contribution in [-0.2, 0) is 14.8 Å². The summed E-state index contributed by atoms with van der Waals surface area (Å²) in [5.74, 6) is 0.122. The summed E-state index contributed by atoms with van der Waals surface area (Å²) < 4.78 is 41.2. The van der Waals surface area contributed by atoms with Gasteiger partial charge >= 0.3 is 5.69 Å². The summed E-state index contributed by atoms with van der Waals surface area (Å²) in [5, 5.41) is 0.239. The molecule has 13 heteroatoms. The summed E-state index contributed by atoms with van der Waals surface area (Å²) >= 11 is 6.37. The third kappa shape index (κ3) is 5.90. The summed E-state index contributed by atoms with van der Waals surface area (Å²) in [6.45, 7) is 4.60. The molecule has 3 aromatic carbocycles. The van der Waals surface area contributed by atoms with Crippen LogP contribution in [0.2, 0.25) is 5.02 Å². The number of benzene rings is 3. The number of piperidine rings is 1. The Balaban J connectivity index is 1.44. The number of fused-ring (bicyclic) bond motifs is 1. The lowest BCUT2D eigenvalue weighted by Gasteiger charge is -2.42. The minimum Gasteiger partial charge on any atom is -0.497 e. The van der Waals surface area contributed by atoms with Crippen LogP contribution in [0.4, 0.5) is 0 Å². The second-order valence-electron chi connectivity index (χ2n) is 11.8. The van der Waals surface area contributed by atoms with Crippen molar-refractivity contribution in [2.24, 2.45) is 0 Å². The number of likely N-dealkylation sites (tertiary alicyclic amines) is 1. The molecular weight excluding hydrogens is 630 g/mol. The van der Waals surface area contributed by atoms with Crippen LogP contribution in [0.25, 0.3) is 11.0 Å². The fraction of sp³-hybridized carbons (Fsp3) is 0.394. The molecule has 3 heterocycles. The van der Waals surface area contributed by atoms with E-state index in [1.807, 2.05) is 6.07 Å². The van der Waals surface area contributed by atoms with Gasteiger partial charge in [-0.2, -0.15) is 3.97 Å². The number of hydrogen-bond donors (Lipinski definition) is 0. The van der Waals surface area contributed by atoms with Crippen LogP contribution in [0, 0.1) is 0 Å². The van der Waals surface area contributed by atoms with Crippen molar-refractivity contribution in [3.05, 3.63) is 87.8 Å². The zero-order chi connectivity index (χ0) is 32.6. The first-order valence-corrected chi connectivity index (χ1v) is 17.1. The van der Waals surface area contributed by atoms with Gasteiger partial charge in [0.25, 0.3) is 15.9 Å². The molecule has 2 aliphatic heterocycles. The molecule has 1 atom stereocenters. The van der Waals surface area contributed by atoms with E-state index < -0.39 is 21.8 Å². The van der Waals surface area contributed by atoms with E-state index in [2.05, 4.69) is 16.8 Å². The second-order valence-corrected chi connectivity index (χ2v) is 14.0. The lowest BCUT2D eigenvalue weighted by atomic mass is 10.0. The van der Waals surface area contributed by atoms with E-state index in [-0.39, 0.29) is 32.6 Å². The summed E-state index contributed by atoms with van der Waals surface area (Å²) in [5.41, 5.74) is -0.00289. The summed E-state index contributed by atoms with van der Waals surface area (Å²) in [7, 11) is 0.398. The Bertz CT molecular complexity index is 1890. The summed E-state index contributed by atoms with van der Waals surface area (Å²) in [6, 6.07) is 17.2. The maximum absolute atomic E-state index is 14.5. The Labute approximate surface area is 273 Å². The molecule has 0 aliphatic carbocycles. The monoisotopic (exact) mass is 667 g/mol. The van der Waals surface area contributed by atoms with Gasteiger partial charge in [-0.25, -0.2) is 13.2 Å². The van der Waals surface area contributed by atoms with Crippen molar-refractivity contribution >= 4 is 38.6 Å². The highest BCUT2D eigenvalue weighted by molar-refractivity contribution is 7.90. The Kier molecular flexibility index (Phi) is 9.15. The van der Waals surface area contributed by atoms with E-state index >= 15 is 0 Å². The zero-order valence-corrected chi connectivity index (χ0v) is 27.7. The van der Waals surface area contributed by atoms with Gasteiger partial charge in [-0.1, -0.05) is 41.9 Å². The first-order valence-electron chi connectivity index (χ1n) is 15.3. The topological polar surface area (TPSA) is 106 Å². The van der Waals surface area contributed by atoms with Crippen LogP contribution in [-0.4, -0.2) is 104 Å². The molecule has 244 valence electrons. The van der Waals surface area contributed by atoms with Crippen molar-refractivity contribution in [1.29, 1.82) is 0 Å². The van der Waals surface area contributed by atoms with Gasteiger partial charge in [0.05, 0.1) is 25.3 Å². The zero-order valence-electron chi connectivity index (χ0n) is 26.1. The number of hydrogen-bond acceptors (Lipinski definition) is 8. The van der Waals surface area contributed by atoms with Gasteiger partial charge in [0.15, 0.2) is 0 Å². The normalized spacial score (nSPS) is 17.7. The van der Waals surface area contributed by atoms with Gasteiger partial charge in [-0.3, -0.25) is 14.3 Å². The van der Waals surface area contributed by atoms with E-state index in [0.717, 1.165) is 39.0 Å². The molecule has 1 aromatic heterocycles. The minimum absolute atomic E-state index is 0.00680. The van der Waals surface area contributed by atoms with Gasteiger partial charge in [0.1, 0.15) is 22.4 Å². The Morgan fingerprint density at radius 3 is 2.22 bits per heavy atom. The van der Waals surface area contributed by atoms with Crippen molar-refractivity contribution in [3.63, 3.8) is 0 Å². The van der Waals surface area contributed by atoms with E-state index in [9.17, 15) is 18.0 Å². The Morgan fingerprint density at radius 1 is 0.870 bits per heavy atom. The number of carbonyl (C=O) groups excluding carboxylic acids is 1. The number of halogens is 1. The van der Waals surface area contributed by atoms with Crippen LogP contribution >= 0.6 is 11.6 Å². The number of carbonyl (C=O) groups is 1. The highest BCUT2D eigenvalue weighted by atomic mass is 35.5. The lowest BCUT2D eigenvalue weighted by molar-refractivity contribution is -0.135. The molecule has 2 fully saturated rings. The molecular formula is C33H38ClN5O6S. The van der Waals surface area contributed by atoms with E-state index in [0.29, 0.717) is 34.4 Å². The predicted molar refractivity (Wildman–Crippen MR) is 177 cm³/mol.